The van der Waals surface area contributed by atoms with Crippen molar-refractivity contribution in [1.29, 1.82) is 0 Å². The number of piperazine rings is 1. The fourth-order valence-corrected chi connectivity index (χ4v) is 4.28. The van der Waals surface area contributed by atoms with Gasteiger partial charge in [-0.15, -0.1) is 0 Å². The third kappa shape index (κ3) is 4.36. The smallest absolute Gasteiger partial charge is 0.241 e. The van der Waals surface area contributed by atoms with Crippen LogP contribution in [0.2, 0.25) is 0 Å². The summed E-state index contributed by atoms with van der Waals surface area (Å²) in [6.07, 6.45) is 0. The zero-order valence-corrected chi connectivity index (χ0v) is 16.4. The average molecular weight is 361 g/mol. The van der Waals surface area contributed by atoms with Crippen LogP contribution in [0.25, 0.3) is 0 Å². The van der Waals surface area contributed by atoms with E-state index in [4.69, 9.17) is 0 Å². The SMILES string of the molecule is Cc1ccc(NC(=O)C(C)N2CCN(C3=NCC(C)S3)CC2)c(C)c1. The van der Waals surface area contributed by atoms with Crippen molar-refractivity contribution in [1.82, 2.24) is 9.80 Å². The molecule has 3 rings (SSSR count). The van der Waals surface area contributed by atoms with Gasteiger partial charge in [0.25, 0.3) is 0 Å². The topological polar surface area (TPSA) is 47.9 Å². The molecular formula is C19H28N4OS. The van der Waals surface area contributed by atoms with E-state index in [1.807, 2.05) is 37.7 Å². The molecule has 2 heterocycles. The van der Waals surface area contributed by atoms with E-state index < -0.39 is 0 Å². The Morgan fingerprint density at radius 1 is 1.28 bits per heavy atom. The second-order valence-electron chi connectivity index (χ2n) is 7.06. The Morgan fingerprint density at radius 2 is 2.00 bits per heavy atom. The molecular weight excluding hydrogens is 332 g/mol. The van der Waals surface area contributed by atoms with Crippen LogP contribution >= 0.6 is 11.8 Å². The van der Waals surface area contributed by atoms with E-state index >= 15 is 0 Å². The van der Waals surface area contributed by atoms with Crippen LogP contribution in [0.4, 0.5) is 5.69 Å². The summed E-state index contributed by atoms with van der Waals surface area (Å²) in [4.78, 5) is 21.9. The first kappa shape index (κ1) is 18.3. The summed E-state index contributed by atoms with van der Waals surface area (Å²) in [6.45, 7) is 12.9. The number of rotatable bonds is 3. The summed E-state index contributed by atoms with van der Waals surface area (Å²) < 4.78 is 0. The van der Waals surface area contributed by atoms with Crippen molar-refractivity contribution in [3.8, 4) is 0 Å². The number of hydrogen-bond acceptors (Lipinski definition) is 5. The molecule has 2 aliphatic rings. The summed E-state index contributed by atoms with van der Waals surface area (Å²) in [6, 6.07) is 6.00. The molecule has 2 unspecified atom stereocenters. The predicted molar refractivity (Wildman–Crippen MR) is 107 cm³/mol. The number of amides is 1. The highest BCUT2D eigenvalue weighted by molar-refractivity contribution is 8.14. The van der Waals surface area contributed by atoms with Crippen molar-refractivity contribution in [2.75, 3.05) is 38.0 Å². The predicted octanol–water partition coefficient (Wildman–Crippen LogP) is 2.74. The van der Waals surface area contributed by atoms with Gasteiger partial charge in [0.2, 0.25) is 5.91 Å². The van der Waals surface area contributed by atoms with E-state index in [9.17, 15) is 4.79 Å². The zero-order chi connectivity index (χ0) is 18.0. The van der Waals surface area contributed by atoms with Crippen LogP contribution in [0.5, 0.6) is 0 Å². The van der Waals surface area contributed by atoms with E-state index in [2.05, 4.69) is 40.0 Å². The minimum Gasteiger partial charge on any atom is -0.349 e. The van der Waals surface area contributed by atoms with Crippen molar-refractivity contribution >= 4 is 28.5 Å². The summed E-state index contributed by atoms with van der Waals surface area (Å²) in [5.74, 6) is 0.0709. The number of nitrogens with one attached hydrogen (secondary N) is 1. The lowest BCUT2D eigenvalue weighted by atomic mass is 10.1. The third-order valence-corrected chi connectivity index (χ3v) is 6.09. The second-order valence-corrected chi connectivity index (χ2v) is 8.46. The average Bonchev–Trinajstić information content (AvgIpc) is 3.03. The quantitative estimate of drug-likeness (QED) is 0.900. The van der Waals surface area contributed by atoms with E-state index in [1.54, 1.807) is 0 Å². The fraction of sp³-hybridized carbons (Fsp3) is 0.579. The molecule has 0 saturated carbocycles. The van der Waals surface area contributed by atoms with Gasteiger partial charge in [-0.05, 0) is 32.4 Å². The highest BCUT2D eigenvalue weighted by atomic mass is 32.2. The van der Waals surface area contributed by atoms with Crippen LogP contribution in [0.15, 0.2) is 23.2 Å². The Balaban J connectivity index is 1.53. The van der Waals surface area contributed by atoms with Crippen LogP contribution < -0.4 is 5.32 Å². The fourth-order valence-electron chi connectivity index (χ4n) is 3.29. The number of carbonyl (C=O) groups is 1. The van der Waals surface area contributed by atoms with Crippen molar-refractivity contribution in [2.45, 2.75) is 39.0 Å². The Hall–Kier alpha value is -1.53. The van der Waals surface area contributed by atoms with Crippen LogP contribution in [0.3, 0.4) is 0 Å². The molecule has 0 spiro atoms. The molecule has 0 radical (unpaired) electrons. The first-order chi connectivity index (χ1) is 11.9. The molecule has 0 aromatic heterocycles. The number of aryl methyl sites for hydroxylation is 2. The minimum atomic E-state index is -0.125. The molecule has 1 aromatic carbocycles. The lowest BCUT2D eigenvalue weighted by Gasteiger charge is -2.38. The highest BCUT2D eigenvalue weighted by Crippen LogP contribution is 2.24. The molecule has 1 N–H and O–H groups in total. The van der Waals surface area contributed by atoms with Crippen LogP contribution in [-0.4, -0.2) is 64.9 Å². The third-order valence-electron chi connectivity index (χ3n) is 4.94. The van der Waals surface area contributed by atoms with Crippen molar-refractivity contribution in [2.24, 2.45) is 4.99 Å². The van der Waals surface area contributed by atoms with Gasteiger partial charge < -0.3 is 10.2 Å². The molecule has 1 amide bonds. The zero-order valence-electron chi connectivity index (χ0n) is 15.6. The molecule has 2 aliphatic heterocycles. The maximum absolute atomic E-state index is 12.6. The second kappa shape index (κ2) is 7.79. The van der Waals surface area contributed by atoms with Crippen molar-refractivity contribution < 1.29 is 4.79 Å². The monoisotopic (exact) mass is 360 g/mol. The highest BCUT2D eigenvalue weighted by Gasteiger charge is 2.29. The number of benzene rings is 1. The number of carbonyl (C=O) groups excluding carboxylic acids is 1. The minimum absolute atomic E-state index is 0.0709. The van der Waals surface area contributed by atoms with Gasteiger partial charge in [0.15, 0.2) is 5.17 Å². The maximum atomic E-state index is 12.6. The largest absolute Gasteiger partial charge is 0.349 e. The van der Waals surface area contributed by atoms with Gasteiger partial charge in [0.1, 0.15) is 0 Å². The van der Waals surface area contributed by atoms with Gasteiger partial charge in [0, 0.05) is 37.1 Å². The van der Waals surface area contributed by atoms with Gasteiger partial charge >= 0.3 is 0 Å². The molecule has 136 valence electrons. The maximum Gasteiger partial charge on any atom is 0.241 e. The van der Waals surface area contributed by atoms with E-state index in [0.29, 0.717) is 5.25 Å². The summed E-state index contributed by atoms with van der Waals surface area (Å²) in [7, 11) is 0. The lowest BCUT2D eigenvalue weighted by molar-refractivity contribution is -0.121. The molecule has 1 fully saturated rings. The van der Waals surface area contributed by atoms with Crippen LogP contribution in [0, 0.1) is 13.8 Å². The number of amidine groups is 1. The first-order valence-corrected chi connectivity index (χ1v) is 9.90. The van der Waals surface area contributed by atoms with Crippen LogP contribution in [0.1, 0.15) is 25.0 Å². The summed E-state index contributed by atoms with van der Waals surface area (Å²) in [5, 5.41) is 4.86. The number of nitrogens with zero attached hydrogens (tertiary/aromatic N) is 3. The molecule has 6 heteroatoms. The number of anilines is 1. The summed E-state index contributed by atoms with van der Waals surface area (Å²) in [5.41, 5.74) is 3.23. The van der Waals surface area contributed by atoms with Crippen LogP contribution in [-0.2, 0) is 4.79 Å². The molecule has 25 heavy (non-hydrogen) atoms. The number of hydrogen-bond donors (Lipinski definition) is 1. The molecule has 5 nitrogen and oxygen atoms in total. The van der Waals surface area contributed by atoms with E-state index in [1.165, 1.54) is 10.7 Å². The van der Waals surface area contributed by atoms with Gasteiger partial charge in [-0.25, -0.2) is 0 Å². The van der Waals surface area contributed by atoms with E-state index in [0.717, 1.165) is 44.0 Å². The first-order valence-electron chi connectivity index (χ1n) is 9.02. The Kier molecular flexibility index (Phi) is 5.69. The molecule has 1 aromatic rings. The molecule has 0 bridgehead atoms. The Labute approximate surface area is 154 Å². The van der Waals surface area contributed by atoms with Gasteiger partial charge in [-0.3, -0.25) is 14.7 Å². The normalized spacial score (nSPS) is 22.6. The van der Waals surface area contributed by atoms with Crippen molar-refractivity contribution in [3.63, 3.8) is 0 Å². The molecule has 2 atom stereocenters. The van der Waals surface area contributed by atoms with Gasteiger partial charge in [-0.2, -0.15) is 0 Å². The number of thioether (sulfide) groups is 1. The lowest BCUT2D eigenvalue weighted by Crippen LogP contribution is -2.53. The molecule has 0 aliphatic carbocycles. The van der Waals surface area contributed by atoms with E-state index in [-0.39, 0.29) is 11.9 Å². The Morgan fingerprint density at radius 3 is 2.60 bits per heavy atom. The standard InChI is InChI=1S/C19H28N4OS/c1-13-5-6-17(14(2)11-13)21-18(24)16(4)22-7-9-23(10-8-22)19-20-12-15(3)25-19/h5-6,11,15-16H,7-10,12H2,1-4H3,(H,21,24). The number of aliphatic imine (C=N–C) groups is 1. The van der Waals surface area contributed by atoms with Gasteiger partial charge in [0.05, 0.1) is 12.6 Å². The Bertz CT molecular complexity index is 667. The van der Waals surface area contributed by atoms with Crippen molar-refractivity contribution in [3.05, 3.63) is 29.3 Å². The summed E-state index contributed by atoms with van der Waals surface area (Å²) >= 11 is 1.87. The van der Waals surface area contributed by atoms with Gasteiger partial charge in [-0.1, -0.05) is 36.4 Å². The molecule has 1 saturated heterocycles.